The number of benzene rings is 1. The van der Waals surface area contributed by atoms with Crippen molar-refractivity contribution in [3.05, 3.63) is 65.7 Å². The number of hydrogen-bond donors (Lipinski definition) is 1. The van der Waals surface area contributed by atoms with Gasteiger partial charge >= 0.3 is 0 Å². The van der Waals surface area contributed by atoms with Crippen LogP contribution in [0.3, 0.4) is 0 Å². The van der Waals surface area contributed by atoms with Crippen LogP contribution in [0.4, 0.5) is 4.39 Å². The van der Waals surface area contributed by atoms with E-state index in [-0.39, 0.29) is 18.3 Å². The molecule has 1 aliphatic rings. The lowest BCUT2D eigenvalue weighted by atomic mass is 9.90. The van der Waals surface area contributed by atoms with Crippen LogP contribution in [-0.2, 0) is 17.9 Å². The molecule has 0 bridgehead atoms. The number of carbonyl (C=O) groups is 1. The lowest BCUT2D eigenvalue weighted by Crippen LogP contribution is -2.57. The van der Waals surface area contributed by atoms with Crippen LogP contribution in [0.15, 0.2) is 48.7 Å². The number of amides is 1. The minimum Gasteiger partial charge on any atom is -0.379 e. The number of halogens is 1. The van der Waals surface area contributed by atoms with Gasteiger partial charge in [-0.15, -0.1) is 0 Å². The van der Waals surface area contributed by atoms with Crippen molar-refractivity contribution in [1.82, 2.24) is 14.8 Å². The van der Waals surface area contributed by atoms with E-state index in [1.165, 1.54) is 12.1 Å². The van der Waals surface area contributed by atoms with Gasteiger partial charge in [-0.25, -0.2) is 4.39 Å². The van der Waals surface area contributed by atoms with Crippen LogP contribution in [0.1, 0.15) is 24.1 Å². The second-order valence-electron chi connectivity index (χ2n) is 6.98. The summed E-state index contributed by atoms with van der Waals surface area (Å²) in [6.07, 6.45) is 2.91. The molecule has 0 radical (unpaired) electrons. The maximum atomic E-state index is 13.1. The molecule has 1 N–H and O–H groups in total. The Morgan fingerprint density at radius 2 is 2.04 bits per heavy atom. The highest BCUT2D eigenvalue weighted by Crippen LogP contribution is 2.25. The number of piperidine rings is 1. The molecule has 5 nitrogen and oxygen atoms in total. The zero-order valence-electron chi connectivity index (χ0n) is 14.9. The summed E-state index contributed by atoms with van der Waals surface area (Å²) in [5.41, 5.74) is 0.345. The largest absolute Gasteiger partial charge is 0.379 e. The molecule has 2 aromatic rings. The number of hydrogen-bond acceptors (Lipinski definition) is 4. The van der Waals surface area contributed by atoms with E-state index in [1.807, 2.05) is 30.1 Å². The Bertz CT molecular complexity index is 738. The van der Waals surface area contributed by atoms with Gasteiger partial charge < -0.3 is 10.0 Å². The summed E-state index contributed by atoms with van der Waals surface area (Å²) in [6, 6.07) is 11.8. The lowest BCUT2D eigenvalue weighted by Gasteiger charge is -2.40. The molecule has 1 amide bonds. The van der Waals surface area contributed by atoms with E-state index in [9.17, 15) is 14.3 Å². The fourth-order valence-corrected chi connectivity index (χ4v) is 3.44. The van der Waals surface area contributed by atoms with Crippen molar-refractivity contribution in [3.63, 3.8) is 0 Å². The first-order valence-corrected chi connectivity index (χ1v) is 8.81. The smallest absolute Gasteiger partial charge is 0.256 e. The van der Waals surface area contributed by atoms with Gasteiger partial charge in [-0.3, -0.25) is 14.7 Å². The fraction of sp³-hybridized carbons (Fsp3) is 0.400. The van der Waals surface area contributed by atoms with Crippen molar-refractivity contribution < 1.29 is 14.3 Å². The number of carbonyl (C=O) groups excluding carboxylic acids is 1. The molecule has 1 aromatic heterocycles. The van der Waals surface area contributed by atoms with E-state index in [4.69, 9.17) is 0 Å². The second-order valence-corrected chi connectivity index (χ2v) is 6.98. The molecule has 1 saturated heterocycles. The number of nitrogens with zero attached hydrogens (tertiary/aromatic N) is 3. The van der Waals surface area contributed by atoms with Gasteiger partial charge in [0.1, 0.15) is 5.82 Å². The van der Waals surface area contributed by atoms with Crippen molar-refractivity contribution in [3.8, 4) is 0 Å². The molecule has 0 saturated carbocycles. The molecule has 3 rings (SSSR count). The summed E-state index contributed by atoms with van der Waals surface area (Å²) < 4.78 is 13.1. The molecule has 0 aliphatic carbocycles. The Balaban J connectivity index is 1.64. The summed E-state index contributed by atoms with van der Waals surface area (Å²) in [5.74, 6) is -0.563. The molecule has 138 valence electrons. The summed E-state index contributed by atoms with van der Waals surface area (Å²) in [6.45, 7) is 1.80. The van der Waals surface area contributed by atoms with E-state index in [1.54, 1.807) is 23.2 Å². The van der Waals surface area contributed by atoms with Gasteiger partial charge in [0.15, 0.2) is 5.60 Å². The van der Waals surface area contributed by atoms with Gasteiger partial charge in [0.25, 0.3) is 5.91 Å². The quantitative estimate of drug-likeness (QED) is 0.861. The highest BCUT2D eigenvalue weighted by Gasteiger charge is 2.42. The monoisotopic (exact) mass is 357 g/mol. The van der Waals surface area contributed by atoms with Gasteiger partial charge in [-0.05, 0) is 49.7 Å². The second kappa shape index (κ2) is 7.93. The topological polar surface area (TPSA) is 56.7 Å². The van der Waals surface area contributed by atoms with Crippen LogP contribution in [0.25, 0.3) is 0 Å². The van der Waals surface area contributed by atoms with Gasteiger partial charge in [-0.1, -0.05) is 18.2 Å². The van der Waals surface area contributed by atoms with Gasteiger partial charge in [0, 0.05) is 32.4 Å². The molecule has 1 aromatic carbocycles. The van der Waals surface area contributed by atoms with E-state index in [2.05, 4.69) is 4.98 Å². The van der Waals surface area contributed by atoms with E-state index in [0.29, 0.717) is 26.1 Å². The number of rotatable bonds is 6. The first kappa shape index (κ1) is 18.5. The third-order valence-corrected chi connectivity index (χ3v) is 4.68. The molecular weight excluding hydrogens is 333 g/mol. The van der Waals surface area contributed by atoms with Gasteiger partial charge in [-0.2, -0.15) is 0 Å². The molecule has 6 heteroatoms. The van der Waals surface area contributed by atoms with Crippen molar-refractivity contribution in [1.29, 1.82) is 0 Å². The van der Waals surface area contributed by atoms with Gasteiger partial charge in [0.2, 0.25) is 0 Å². The zero-order valence-corrected chi connectivity index (χ0v) is 14.9. The Labute approximate surface area is 153 Å². The molecule has 2 heterocycles. The molecule has 0 spiro atoms. The minimum absolute atomic E-state index is 0.252. The van der Waals surface area contributed by atoms with Crippen LogP contribution in [0.5, 0.6) is 0 Å². The predicted molar refractivity (Wildman–Crippen MR) is 96.6 cm³/mol. The van der Waals surface area contributed by atoms with Crippen LogP contribution >= 0.6 is 0 Å². The third kappa shape index (κ3) is 4.45. The Morgan fingerprint density at radius 3 is 2.73 bits per heavy atom. The fourth-order valence-electron chi connectivity index (χ4n) is 3.44. The van der Waals surface area contributed by atoms with Crippen LogP contribution < -0.4 is 0 Å². The Hall–Kier alpha value is -2.31. The molecule has 1 aliphatic heterocycles. The van der Waals surface area contributed by atoms with Crippen LogP contribution in [0.2, 0.25) is 0 Å². The summed E-state index contributed by atoms with van der Waals surface area (Å²) in [4.78, 5) is 20.7. The Morgan fingerprint density at radius 1 is 1.27 bits per heavy atom. The first-order chi connectivity index (χ1) is 12.5. The van der Waals surface area contributed by atoms with E-state index < -0.39 is 5.60 Å². The Kier molecular flexibility index (Phi) is 5.64. The standard InChI is InChI=1S/C20H24FN3O2/c1-23(14-18-5-2-3-11-22-18)15-20(26)10-4-12-24(19(20)25)13-16-6-8-17(21)9-7-16/h2-3,5-9,11,26H,4,10,12-15H2,1H3/t20-/m1/s1. The van der Waals surface area contributed by atoms with E-state index in [0.717, 1.165) is 17.7 Å². The van der Waals surface area contributed by atoms with Crippen molar-refractivity contribution in [2.75, 3.05) is 20.1 Å². The normalized spacial score (nSPS) is 20.6. The summed E-state index contributed by atoms with van der Waals surface area (Å²) >= 11 is 0. The van der Waals surface area contributed by atoms with Gasteiger partial charge in [0.05, 0.1) is 5.69 Å². The molecule has 0 unspecified atom stereocenters. The third-order valence-electron chi connectivity index (χ3n) is 4.68. The average Bonchev–Trinajstić information content (AvgIpc) is 2.62. The zero-order chi connectivity index (χ0) is 18.6. The molecule has 1 fully saturated rings. The minimum atomic E-state index is -1.40. The summed E-state index contributed by atoms with van der Waals surface area (Å²) in [5, 5.41) is 11.0. The maximum Gasteiger partial charge on any atom is 0.256 e. The van der Waals surface area contributed by atoms with Crippen molar-refractivity contribution >= 4 is 5.91 Å². The summed E-state index contributed by atoms with van der Waals surface area (Å²) in [7, 11) is 1.87. The van der Waals surface area contributed by atoms with Crippen molar-refractivity contribution in [2.24, 2.45) is 0 Å². The highest BCUT2D eigenvalue weighted by molar-refractivity contribution is 5.86. The SMILES string of the molecule is CN(Cc1ccccn1)C[C@]1(O)CCCN(Cc2ccc(F)cc2)C1=O. The number of likely N-dealkylation sites (tertiary alicyclic amines) is 1. The predicted octanol–water partition coefficient (Wildman–Crippen LogP) is 2.21. The number of aromatic nitrogens is 1. The number of pyridine rings is 1. The van der Waals surface area contributed by atoms with Crippen LogP contribution in [0, 0.1) is 5.82 Å². The molecule has 1 atom stereocenters. The molecule has 26 heavy (non-hydrogen) atoms. The highest BCUT2D eigenvalue weighted by atomic mass is 19.1. The first-order valence-electron chi connectivity index (χ1n) is 8.81. The van der Waals surface area contributed by atoms with Crippen LogP contribution in [-0.4, -0.2) is 51.5 Å². The number of likely N-dealkylation sites (N-methyl/N-ethyl adjacent to an activating group) is 1. The van der Waals surface area contributed by atoms with Crippen molar-refractivity contribution in [2.45, 2.75) is 31.5 Å². The maximum absolute atomic E-state index is 13.1. The molecular formula is C20H24FN3O2. The van der Waals surface area contributed by atoms with E-state index >= 15 is 0 Å². The average molecular weight is 357 g/mol. The number of aliphatic hydroxyl groups is 1. The lowest BCUT2D eigenvalue weighted by molar-refractivity contribution is -0.160.